The van der Waals surface area contributed by atoms with Gasteiger partial charge < -0.3 is 5.32 Å². The molecule has 0 radical (unpaired) electrons. The van der Waals surface area contributed by atoms with Crippen LogP contribution in [-0.4, -0.2) is 22.6 Å². The van der Waals surface area contributed by atoms with Crippen molar-refractivity contribution in [3.05, 3.63) is 23.3 Å². The second-order valence-corrected chi connectivity index (χ2v) is 4.42. The van der Waals surface area contributed by atoms with Crippen molar-refractivity contribution in [1.82, 2.24) is 15.3 Å². The summed E-state index contributed by atoms with van der Waals surface area (Å²) in [7, 11) is 0. The Kier molecular flexibility index (Phi) is 4.21. The van der Waals surface area contributed by atoms with Crippen LogP contribution < -0.4 is 5.32 Å². The normalized spacial score (nSPS) is 13.2. The molecule has 0 saturated carbocycles. The molecule has 0 bridgehead atoms. The molecule has 0 amide bonds. The molecule has 0 saturated heterocycles. The van der Waals surface area contributed by atoms with Crippen molar-refractivity contribution in [2.75, 3.05) is 6.54 Å². The zero-order chi connectivity index (χ0) is 11.4. The van der Waals surface area contributed by atoms with Gasteiger partial charge in [-0.25, -0.2) is 9.97 Å². The van der Waals surface area contributed by atoms with Crippen molar-refractivity contribution in [2.45, 2.75) is 46.6 Å². The van der Waals surface area contributed by atoms with Crippen LogP contribution in [0.2, 0.25) is 0 Å². The number of nitrogens with zero attached hydrogens (tertiary/aromatic N) is 2. The van der Waals surface area contributed by atoms with E-state index in [4.69, 9.17) is 0 Å². The molecule has 0 spiro atoms. The minimum atomic E-state index is 0.466. The fourth-order valence-corrected chi connectivity index (χ4v) is 1.83. The highest BCUT2D eigenvalue weighted by molar-refractivity contribution is 5.26. The summed E-state index contributed by atoms with van der Waals surface area (Å²) >= 11 is 0. The van der Waals surface area contributed by atoms with Gasteiger partial charge in [-0.15, -0.1) is 0 Å². The molecule has 3 nitrogen and oxygen atoms in total. The molecule has 0 fully saturated rings. The summed E-state index contributed by atoms with van der Waals surface area (Å²) in [5.41, 5.74) is 3.48. The van der Waals surface area contributed by atoms with E-state index in [0.717, 1.165) is 17.9 Å². The minimum Gasteiger partial charge on any atom is -0.314 e. The second-order valence-electron chi connectivity index (χ2n) is 4.42. The fraction of sp³-hybridized carbons (Fsp3) is 0.667. The van der Waals surface area contributed by atoms with E-state index < -0.39 is 0 Å². The summed E-state index contributed by atoms with van der Waals surface area (Å²) in [5, 5.41) is 3.44. The molecule has 0 aliphatic rings. The Morgan fingerprint density at radius 1 is 1.13 bits per heavy atom. The van der Waals surface area contributed by atoms with Crippen LogP contribution in [-0.2, 0) is 0 Å². The van der Waals surface area contributed by atoms with Crippen molar-refractivity contribution in [3.63, 3.8) is 0 Å². The van der Waals surface area contributed by atoms with Crippen LogP contribution in [0.4, 0.5) is 0 Å². The largest absolute Gasteiger partial charge is 0.314 e. The predicted octanol–water partition coefficient (Wildman–Crippen LogP) is 2.19. The molecular weight excluding hydrogens is 186 g/mol. The first-order valence-corrected chi connectivity index (χ1v) is 5.53. The van der Waals surface area contributed by atoms with Crippen LogP contribution in [0.1, 0.15) is 43.6 Å². The highest BCUT2D eigenvalue weighted by atomic mass is 14.9. The Labute approximate surface area is 92.3 Å². The summed E-state index contributed by atoms with van der Waals surface area (Å²) in [6.45, 7) is 11.6. The lowest BCUT2D eigenvalue weighted by atomic mass is 9.98. The molecule has 0 aliphatic carbocycles. The number of aromatic nitrogens is 2. The predicted molar refractivity (Wildman–Crippen MR) is 63.1 cm³/mol. The van der Waals surface area contributed by atoms with Crippen molar-refractivity contribution in [3.8, 4) is 0 Å². The molecular formula is C12H21N3. The fourth-order valence-electron chi connectivity index (χ4n) is 1.83. The number of hydrogen-bond donors (Lipinski definition) is 1. The highest BCUT2D eigenvalue weighted by Gasteiger charge is 2.12. The molecule has 15 heavy (non-hydrogen) atoms. The molecule has 1 unspecified atom stereocenters. The van der Waals surface area contributed by atoms with Crippen LogP contribution in [0, 0.1) is 13.8 Å². The van der Waals surface area contributed by atoms with E-state index in [2.05, 4.69) is 49.9 Å². The maximum Gasteiger partial charge on any atom is 0.115 e. The summed E-state index contributed by atoms with van der Waals surface area (Å²) in [6.07, 6.45) is 1.64. The Morgan fingerprint density at radius 3 is 2.13 bits per heavy atom. The molecule has 84 valence electrons. The first-order chi connectivity index (χ1) is 7.02. The van der Waals surface area contributed by atoms with E-state index in [1.165, 1.54) is 5.56 Å². The molecule has 1 aromatic rings. The quantitative estimate of drug-likeness (QED) is 0.822. The van der Waals surface area contributed by atoms with Crippen molar-refractivity contribution in [2.24, 2.45) is 0 Å². The van der Waals surface area contributed by atoms with Crippen LogP contribution in [0.15, 0.2) is 6.33 Å². The van der Waals surface area contributed by atoms with Crippen molar-refractivity contribution in [1.29, 1.82) is 0 Å². The Hall–Kier alpha value is -0.960. The zero-order valence-electron chi connectivity index (χ0n) is 10.3. The van der Waals surface area contributed by atoms with Gasteiger partial charge in [0, 0.05) is 24.0 Å². The van der Waals surface area contributed by atoms with E-state index in [-0.39, 0.29) is 0 Å². The maximum atomic E-state index is 4.25. The van der Waals surface area contributed by atoms with Crippen LogP contribution in [0.25, 0.3) is 0 Å². The number of hydrogen-bond acceptors (Lipinski definition) is 3. The number of nitrogens with one attached hydrogen (secondary N) is 1. The lowest BCUT2D eigenvalue weighted by Crippen LogP contribution is -2.27. The van der Waals surface area contributed by atoms with E-state index in [0.29, 0.717) is 12.0 Å². The van der Waals surface area contributed by atoms with E-state index in [1.54, 1.807) is 6.33 Å². The maximum absolute atomic E-state index is 4.25. The third-order valence-electron chi connectivity index (χ3n) is 2.61. The lowest BCUT2D eigenvalue weighted by Gasteiger charge is -2.18. The monoisotopic (exact) mass is 207 g/mol. The Morgan fingerprint density at radius 2 is 1.67 bits per heavy atom. The van der Waals surface area contributed by atoms with Gasteiger partial charge >= 0.3 is 0 Å². The molecule has 1 N–H and O–H groups in total. The van der Waals surface area contributed by atoms with Gasteiger partial charge in [0.1, 0.15) is 6.33 Å². The van der Waals surface area contributed by atoms with Gasteiger partial charge in [-0.2, -0.15) is 0 Å². The summed E-state index contributed by atoms with van der Waals surface area (Å²) in [5.74, 6) is 0.466. The van der Waals surface area contributed by atoms with Gasteiger partial charge in [0.15, 0.2) is 0 Å². The molecule has 3 heteroatoms. The first kappa shape index (κ1) is 12.1. The van der Waals surface area contributed by atoms with Gasteiger partial charge in [-0.1, -0.05) is 20.8 Å². The van der Waals surface area contributed by atoms with Gasteiger partial charge in [-0.05, 0) is 25.3 Å². The molecule has 1 aromatic heterocycles. The van der Waals surface area contributed by atoms with E-state index in [1.807, 2.05) is 0 Å². The zero-order valence-corrected chi connectivity index (χ0v) is 10.3. The third kappa shape index (κ3) is 3.27. The standard InChI is InChI=1S/C12H21N3/c1-8(2)13-6-9(3)12-10(4)14-7-15-11(12)5/h7-9,13H,6H2,1-5H3. The van der Waals surface area contributed by atoms with Crippen LogP contribution in [0.5, 0.6) is 0 Å². The average molecular weight is 207 g/mol. The highest BCUT2D eigenvalue weighted by Crippen LogP contribution is 2.19. The summed E-state index contributed by atoms with van der Waals surface area (Å²) in [6, 6.07) is 0.526. The Balaban J connectivity index is 2.77. The molecule has 0 aromatic carbocycles. The topological polar surface area (TPSA) is 37.8 Å². The summed E-state index contributed by atoms with van der Waals surface area (Å²) < 4.78 is 0. The van der Waals surface area contributed by atoms with E-state index >= 15 is 0 Å². The number of aryl methyl sites for hydroxylation is 2. The van der Waals surface area contributed by atoms with Crippen molar-refractivity contribution >= 4 is 0 Å². The second kappa shape index (κ2) is 5.21. The van der Waals surface area contributed by atoms with Crippen LogP contribution in [0.3, 0.4) is 0 Å². The SMILES string of the molecule is Cc1ncnc(C)c1C(C)CNC(C)C. The molecule has 1 heterocycles. The Bertz CT molecular complexity index is 300. The van der Waals surface area contributed by atoms with Gasteiger partial charge in [-0.3, -0.25) is 0 Å². The van der Waals surface area contributed by atoms with E-state index in [9.17, 15) is 0 Å². The minimum absolute atomic E-state index is 0.466. The summed E-state index contributed by atoms with van der Waals surface area (Å²) in [4.78, 5) is 8.50. The third-order valence-corrected chi connectivity index (χ3v) is 2.61. The lowest BCUT2D eigenvalue weighted by molar-refractivity contribution is 0.543. The van der Waals surface area contributed by atoms with Crippen LogP contribution >= 0.6 is 0 Å². The molecule has 0 aliphatic heterocycles. The smallest absolute Gasteiger partial charge is 0.115 e. The molecule has 1 atom stereocenters. The van der Waals surface area contributed by atoms with Gasteiger partial charge in [0.2, 0.25) is 0 Å². The molecule has 1 rings (SSSR count). The average Bonchev–Trinajstić information content (AvgIpc) is 2.14. The van der Waals surface area contributed by atoms with Gasteiger partial charge in [0.25, 0.3) is 0 Å². The number of rotatable bonds is 4. The first-order valence-electron chi connectivity index (χ1n) is 5.53. The van der Waals surface area contributed by atoms with Crippen molar-refractivity contribution < 1.29 is 0 Å². The van der Waals surface area contributed by atoms with Gasteiger partial charge in [0.05, 0.1) is 0 Å².